The predicted octanol–water partition coefficient (Wildman–Crippen LogP) is 4.43. The van der Waals surface area contributed by atoms with Crippen molar-refractivity contribution in [3.05, 3.63) is 35.5 Å². The van der Waals surface area contributed by atoms with E-state index in [-0.39, 0.29) is 63.4 Å². The van der Waals surface area contributed by atoms with Crippen molar-refractivity contribution < 1.29 is 77.2 Å². The minimum atomic E-state index is -2.37. The van der Waals surface area contributed by atoms with Crippen molar-refractivity contribution in [1.29, 1.82) is 0 Å². The van der Waals surface area contributed by atoms with Crippen molar-refractivity contribution in [3.63, 3.8) is 0 Å². The number of aliphatic hydroxyl groups excluding tert-OH is 1. The van der Waals surface area contributed by atoms with Crippen LogP contribution in [-0.2, 0) is 57.1 Å². The largest absolute Gasteiger partial charge is 0.466 e. The van der Waals surface area contributed by atoms with E-state index < -0.39 is 99.1 Å². The smallest absolute Gasteiger partial charge is 0.367 e. The Kier molecular flexibility index (Phi) is 15.6. The SMILES string of the molecule is COC(=O)/C=C1\C[C@H]2C[C@]3(O)OC(CCCC(=O)OC([C@@H](C)O)CC4C/C(=C\C(=O)OC)[C@H](OC(=O)I)C(O)(O4)C(C)(C)/C=C/[C@@H](C1)O2)CC(OC(C)=O)C3(C)C. The number of carbonyl (C=O) groups excluding carboxylic acids is 5. The zero-order valence-electron chi connectivity index (χ0n) is 33.8. The third-order valence-corrected chi connectivity index (χ3v) is 11.7. The molecule has 0 radical (unpaired) electrons. The molecule has 0 aromatic carbocycles. The molecule has 3 N–H and O–H groups in total. The van der Waals surface area contributed by atoms with Crippen molar-refractivity contribution >= 4 is 50.4 Å². The van der Waals surface area contributed by atoms with Crippen LogP contribution in [-0.4, -0.2) is 118 Å². The molecule has 57 heavy (non-hydrogen) atoms. The van der Waals surface area contributed by atoms with E-state index in [2.05, 4.69) is 0 Å². The molecule has 5 unspecified atom stereocenters. The highest BCUT2D eigenvalue weighted by atomic mass is 127. The molecule has 0 aliphatic carbocycles. The molecule has 0 amide bonds. The van der Waals surface area contributed by atoms with E-state index in [0.717, 1.165) is 6.08 Å². The highest BCUT2D eigenvalue weighted by Gasteiger charge is 2.59. The average Bonchev–Trinajstić information content (AvgIpc) is 3.10. The summed E-state index contributed by atoms with van der Waals surface area (Å²) in [7, 11) is 2.43. The minimum absolute atomic E-state index is 0.0660. The van der Waals surface area contributed by atoms with Gasteiger partial charge in [-0.25, -0.2) is 14.4 Å². The Morgan fingerprint density at radius 1 is 0.930 bits per heavy atom. The van der Waals surface area contributed by atoms with Gasteiger partial charge in [0.2, 0.25) is 5.79 Å². The number of rotatable bonds is 5. The van der Waals surface area contributed by atoms with E-state index in [1.165, 1.54) is 56.7 Å². The van der Waals surface area contributed by atoms with Crippen molar-refractivity contribution in [2.45, 2.75) is 160 Å². The quantitative estimate of drug-likeness (QED) is 0.0868. The van der Waals surface area contributed by atoms with E-state index in [1.54, 1.807) is 39.8 Å². The lowest BCUT2D eigenvalue weighted by Gasteiger charge is -2.53. The van der Waals surface area contributed by atoms with Crippen molar-refractivity contribution in [2.75, 3.05) is 14.2 Å². The number of carbonyl (C=O) groups is 5. The molecule has 16 nitrogen and oxygen atoms in total. The van der Waals surface area contributed by atoms with Gasteiger partial charge in [-0.15, -0.1) is 0 Å². The van der Waals surface area contributed by atoms with Gasteiger partial charge in [-0.1, -0.05) is 45.4 Å². The van der Waals surface area contributed by atoms with Gasteiger partial charge in [0.15, 0.2) is 11.9 Å². The van der Waals surface area contributed by atoms with E-state index in [1.807, 2.05) is 0 Å². The first-order valence-electron chi connectivity index (χ1n) is 19.1. The summed E-state index contributed by atoms with van der Waals surface area (Å²) in [6, 6.07) is 0. The Morgan fingerprint density at radius 3 is 2.21 bits per heavy atom. The predicted molar refractivity (Wildman–Crippen MR) is 208 cm³/mol. The lowest BCUT2D eigenvalue weighted by Crippen LogP contribution is -2.62. The topological polar surface area (TPSA) is 220 Å². The summed E-state index contributed by atoms with van der Waals surface area (Å²) >= 11 is 1.41. The summed E-state index contributed by atoms with van der Waals surface area (Å²) in [4.78, 5) is 63.1. The van der Waals surface area contributed by atoms with Crippen LogP contribution >= 0.6 is 22.6 Å². The fourth-order valence-electron chi connectivity index (χ4n) is 7.97. The molecular formula is C40H57IO16. The van der Waals surface area contributed by atoms with Crippen LogP contribution in [0.15, 0.2) is 35.5 Å². The fraction of sp³-hybridized carbons (Fsp3) is 0.725. The number of aliphatic hydroxyl groups is 3. The summed E-state index contributed by atoms with van der Waals surface area (Å²) < 4.78 is 45.5. The Bertz CT molecular complexity index is 1600. The summed E-state index contributed by atoms with van der Waals surface area (Å²) in [6.45, 7) is 9.44. The Balaban J connectivity index is 1.86. The number of fused-ring (bicyclic) bond motifs is 6. The second-order valence-electron chi connectivity index (χ2n) is 16.4. The summed E-state index contributed by atoms with van der Waals surface area (Å²) in [5, 5.41) is 35.8. The zero-order chi connectivity index (χ0) is 42.5. The standard InChI is InChI=1S/C40H57IO16/c1-22(42)30-19-28-17-25(18-34(46)51-8)35(55-36(41)47)40(49,57-28)37(3,4)13-12-26-14-24(16-33(45)50-7)15-29(53-26)21-39(48)38(5,6)31(52-23(2)43)20-27(56-39)10-9-11-32(44)54-30/h12-13,16,18,22,26-31,35,42,48-49H,9-11,14-15,17,19-21H2,1-8H3/b13-12+,24-16-,25-18+/t22-,26+,27?,28?,29+,30?,31?,35+,39+,40?/m1/s1. The second kappa shape index (κ2) is 19.0. The summed E-state index contributed by atoms with van der Waals surface area (Å²) in [6.07, 6.45) is -1.10. The monoisotopic (exact) mass is 920 g/mol. The third-order valence-electron chi connectivity index (χ3n) is 11.4. The first-order valence-corrected chi connectivity index (χ1v) is 20.2. The number of esters is 4. The van der Waals surface area contributed by atoms with Crippen LogP contribution in [0.4, 0.5) is 4.79 Å². The van der Waals surface area contributed by atoms with Crippen LogP contribution in [0.1, 0.15) is 99.3 Å². The van der Waals surface area contributed by atoms with E-state index in [0.29, 0.717) is 5.57 Å². The maximum absolute atomic E-state index is 13.3. The van der Waals surface area contributed by atoms with Crippen LogP contribution in [0.3, 0.4) is 0 Å². The van der Waals surface area contributed by atoms with Crippen LogP contribution in [0.5, 0.6) is 0 Å². The molecule has 0 saturated carbocycles. The molecule has 320 valence electrons. The van der Waals surface area contributed by atoms with Gasteiger partial charge in [0.25, 0.3) is 0 Å². The van der Waals surface area contributed by atoms with Gasteiger partial charge in [-0.2, -0.15) is 0 Å². The van der Waals surface area contributed by atoms with Gasteiger partial charge < -0.3 is 53.2 Å². The molecule has 17 heteroatoms. The number of hydrogen-bond acceptors (Lipinski definition) is 16. The fourth-order valence-corrected chi connectivity index (χ4v) is 8.23. The van der Waals surface area contributed by atoms with E-state index in [4.69, 9.17) is 37.9 Å². The second-order valence-corrected chi connectivity index (χ2v) is 17.3. The van der Waals surface area contributed by atoms with Crippen molar-refractivity contribution in [2.24, 2.45) is 10.8 Å². The van der Waals surface area contributed by atoms with Gasteiger partial charge in [-0.3, -0.25) is 9.59 Å². The molecule has 4 heterocycles. The maximum atomic E-state index is 13.3. The molecule has 3 fully saturated rings. The van der Waals surface area contributed by atoms with Crippen LogP contribution in [0.2, 0.25) is 0 Å². The molecule has 0 aromatic rings. The first kappa shape index (κ1) is 46.7. The molecule has 4 rings (SSSR count). The third kappa shape index (κ3) is 11.4. The Labute approximate surface area is 346 Å². The van der Waals surface area contributed by atoms with Gasteiger partial charge in [0.1, 0.15) is 12.2 Å². The normalized spacial score (nSPS) is 37.1. The van der Waals surface area contributed by atoms with Gasteiger partial charge in [0, 0.05) is 50.2 Å². The molecule has 3 saturated heterocycles. The van der Waals surface area contributed by atoms with Gasteiger partial charge >= 0.3 is 27.9 Å². The minimum Gasteiger partial charge on any atom is -0.466 e. The van der Waals surface area contributed by atoms with E-state index in [9.17, 15) is 39.3 Å². The highest BCUT2D eigenvalue weighted by Crippen LogP contribution is 2.50. The summed E-state index contributed by atoms with van der Waals surface area (Å²) in [5.74, 6) is -6.82. The Hall–Kier alpha value is -2.94. The van der Waals surface area contributed by atoms with Gasteiger partial charge in [-0.05, 0) is 44.6 Å². The molecule has 6 bridgehead atoms. The van der Waals surface area contributed by atoms with Crippen LogP contribution in [0.25, 0.3) is 0 Å². The van der Waals surface area contributed by atoms with Crippen LogP contribution in [0, 0.1) is 10.8 Å². The van der Waals surface area contributed by atoms with Crippen molar-refractivity contribution in [1.82, 2.24) is 0 Å². The number of methoxy groups -OCH3 is 2. The molecule has 4 aliphatic heterocycles. The first-order chi connectivity index (χ1) is 26.5. The molecular weight excluding hydrogens is 863 g/mol. The molecule has 4 aliphatic rings. The zero-order valence-corrected chi connectivity index (χ0v) is 36.0. The number of ether oxygens (including phenoxy) is 8. The van der Waals surface area contributed by atoms with Crippen molar-refractivity contribution in [3.8, 4) is 0 Å². The average molecular weight is 921 g/mol. The van der Waals surface area contributed by atoms with Gasteiger partial charge in [0.05, 0.1) is 72.7 Å². The highest BCUT2D eigenvalue weighted by molar-refractivity contribution is 14.1. The maximum Gasteiger partial charge on any atom is 0.367 e. The lowest BCUT2D eigenvalue weighted by molar-refractivity contribution is -0.347. The number of hydrogen-bond donors (Lipinski definition) is 3. The number of cyclic esters (lactones) is 1. The summed E-state index contributed by atoms with van der Waals surface area (Å²) in [5.41, 5.74) is -1.77. The van der Waals surface area contributed by atoms with Crippen LogP contribution < -0.4 is 0 Å². The molecule has 0 aromatic heterocycles. The van der Waals surface area contributed by atoms with E-state index >= 15 is 0 Å². The number of halogens is 1. The molecule has 0 spiro atoms. The Morgan fingerprint density at radius 2 is 1.60 bits per heavy atom. The lowest BCUT2D eigenvalue weighted by atomic mass is 9.70. The molecule has 10 atom stereocenters.